The highest BCUT2D eigenvalue weighted by molar-refractivity contribution is 6.30. The highest BCUT2D eigenvalue weighted by atomic mass is 35.5. The lowest BCUT2D eigenvalue weighted by Crippen LogP contribution is -2.41. The van der Waals surface area contributed by atoms with Gasteiger partial charge in [-0.25, -0.2) is 0 Å². The molecule has 0 spiro atoms. The number of phenols is 1. The van der Waals surface area contributed by atoms with Crippen LogP contribution < -0.4 is 0 Å². The zero-order valence-electron chi connectivity index (χ0n) is 14.4. The molecule has 1 aliphatic heterocycles. The third-order valence-electron chi connectivity index (χ3n) is 4.76. The molecule has 0 saturated carbocycles. The van der Waals surface area contributed by atoms with Gasteiger partial charge in [0.2, 0.25) is 0 Å². The number of halogens is 1. The summed E-state index contributed by atoms with van der Waals surface area (Å²) in [5.74, 6) is 6.73. The fourth-order valence-corrected chi connectivity index (χ4v) is 3.51. The van der Waals surface area contributed by atoms with Gasteiger partial charge in [0.25, 0.3) is 0 Å². The molecule has 130 valence electrons. The minimum atomic E-state index is 0.281. The van der Waals surface area contributed by atoms with Crippen LogP contribution in [0.3, 0.4) is 0 Å². The van der Waals surface area contributed by atoms with Crippen LogP contribution in [-0.2, 0) is 6.42 Å². The number of piperidine rings is 1. The molecule has 1 heterocycles. The average molecular weight is 354 g/mol. The standard InChI is InChI=1S/C22H24ClNO/c23-20-11-7-19(8-12-20)17-21-6-2-4-16-24(21)15-3-1-5-18-9-13-22(25)14-10-18/h7-14,21,25H,2-4,6,15-17H2. The first kappa shape index (κ1) is 17.9. The van der Waals surface area contributed by atoms with E-state index in [0.717, 1.165) is 30.0 Å². The van der Waals surface area contributed by atoms with Gasteiger partial charge in [-0.3, -0.25) is 4.90 Å². The van der Waals surface area contributed by atoms with E-state index in [4.69, 9.17) is 11.6 Å². The van der Waals surface area contributed by atoms with Crippen molar-refractivity contribution in [2.75, 3.05) is 13.1 Å². The molecule has 0 aromatic heterocycles. The number of nitrogens with zero attached hydrogens (tertiary/aromatic N) is 1. The van der Waals surface area contributed by atoms with Crippen molar-refractivity contribution in [1.29, 1.82) is 0 Å². The Balaban J connectivity index is 1.54. The number of aromatic hydroxyl groups is 1. The fourth-order valence-electron chi connectivity index (χ4n) is 3.39. The lowest BCUT2D eigenvalue weighted by atomic mass is 9.95. The van der Waals surface area contributed by atoms with Crippen molar-refractivity contribution in [2.45, 2.75) is 38.1 Å². The summed E-state index contributed by atoms with van der Waals surface area (Å²) in [6, 6.07) is 15.9. The normalized spacial score (nSPS) is 17.7. The quantitative estimate of drug-likeness (QED) is 0.791. The van der Waals surface area contributed by atoms with Gasteiger partial charge in [-0.05, 0) is 67.8 Å². The lowest BCUT2D eigenvalue weighted by molar-refractivity contribution is 0.151. The smallest absolute Gasteiger partial charge is 0.115 e. The Morgan fingerprint density at radius 3 is 2.56 bits per heavy atom. The molecule has 25 heavy (non-hydrogen) atoms. The molecule has 3 heteroatoms. The van der Waals surface area contributed by atoms with Gasteiger partial charge < -0.3 is 5.11 Å². The number of likely N-dealkylation sites (tertiary alicyclic amines) is 1. The van der Waals surface area contributed by atoms with E-state index in [0.29, 0.717) is 6.04 Å². The molecule has 0 aliphatic carbocycles. The Morgan fingerprint density at radius 1 is 1.04 bits per heavy atom. The number of benzene rings is 2. The zero-order valence-corrected chi connectivity index (χ0v) is 15.2. The molecule has 1 atom stereocenters. The van der Waals surface area contributed by atoms with E-state index >= 15 is 0 Å². The molecular formula is C22H24ClNO. The van der Waals surface area contributed by atoms with E-state index in [1.54, 1.807) is 12.1 Å². The predicted octanol–water partition coefficient (Wildman–Crippen LogP) is 4.88. The summed E-state index contributed by atoms with van der Waals surface area (Å²) in [5.41, 5.74) is 2.31. The fraction of sp³-hybridized carbons (Fsp3) is 0.364. The van der Waals surface area contributed by atoms with E-state index in [1.807, 2.05) is 24.3 Å². The molecule has 1 fully saturated rings. The second-order valence-corrected chi connectivity index (χ2v) is 7.05. The second-order valence-electron chi connectivity index (χ2n) is 6.61. The van der Waals surface area contributed by atoms with Crippen LogP contribution in [0.4, 0.5) is 0 Å². The molecule has 0 amide bonds. The van der Waals surface area contributed by atoms with Crippen molar-refractivity contribution in [3.05, 3.63) is 64.7 Å². The zero-order chi connectivity index (χ0) is 17.5. The predicted molar refractivity (Wildman–Crippen MR) is 104 cm³/mol. The maximum absolute atomic E-state index is 9.30. The molecule has 0 bridgehead atoms. The van der Waals surface area contributed by atoms with Crippen molar-refractivity contribution in [1.82, 2.24) is 4.90 Å². The van der Waals surface area contributed by atoms with Crippen molar-refractivity contribution in [3.8, 4) is 17.6 Å². The van der Waals surface area contributed by atoms with Crippen molar-refractivity contribution >= 4 is 11.6 Å². The highest BCUT2D eigenvalue weighted by Gasteiger charge is 2.21. The van der Waals surface area contributed by atoms with Gasteiger partial charge in [-0.2, -0.15) is 0 Å². The summed E-state index contributed by atoms with van der Waals surface area (Å²) in [7, 11) is 0. The Bertz CT molecular complexity index is 727. The number of phenolic OH excluding ortho intramolecular Hbond substituents is 1. The van der Waals surface area contributed by atoms with Gasteiger partial charge in [-0.15, -0.1) is 0 Å². The van der Waals surface area contributed by atoms with E-state index in [2.05, 4.69) is 28.9 Å². The van der Waals surface area contributed by atoms with E-state index in [1.165, 1.54) is 31.4 Å². The summed E-state index contributed by atoms with van der Waals surface area (Å²) in [6.45, 7) is 2.18. The van der Waals surface area contributed by atoms with Crippen LogP contribution in [0.1, 0.15) is 36.8 Å². The maximum atomic E-state index is 9.30. The van der Waals surface area contributed by atoms with Crippen LogP contribution >= 0.6 is 11.6 Å². The summed E-state index contributed by atoms with van der Waals surface area (Å²) < 4.78 is 0. The monoisotopic (exact) mass is 353 g/mol. The molecule has 2 aromatic carbocycles. The van der Waals surface area contributed by atoms with Crippen LogP contribution in [0.5, 0.6) is 5.75 Å². The Morgan fingerprint density at radius 2 is 1.80 bits per heavy atom. The van der Waals surface area contributed by atoms with E-state index in [-0.39, 0.29) is 5.75 Å². The minimum Gasteiger partial charge on any atom is -0.508 e. The van der Waals surface area contributed by atoms with Gasteiger partial charge in [0.05, 0.1) is 0 Å². The Kier molecular flexibility index (Phi) is 6.39. The Hall–Kier alpha value is -1.95. The van der Waals surface area contributed by atoms with Gasteiger partial charge in [0, 0.05) is 29.6 Å². The third-order valence-corrected chi connectivity index (χ3v) is 5.01. The largest absolute Gasteiger partial charge is 0.508 e. The van der Waals surface area contributed by atoms with E-state index < -0.39 is 0 Å². The van der Waals surface area contributed by atoms with Crippen LogP contribution in [0.2, 0.25) is 5.02 Å². The first-order valence-corrected chi connectivity index (χ1v) is 9.35. The van der Waals surface area contributed by atoms with Crippen LogP contribution in [-0.4, -0.2) is 29.1 Å². The average Bonchev–Trinajstić information content (AvgIpc) is 2.63. The lowest BCUT2D eigenvalue weighted by Gasteiger charge is -2.35. The van der Waals surface area contributed by atoms with Gasteiger partial charge in [0.1, 0.15) is 5.75 Å². The first-order valence-electron chi connectivity index (χ1n) is 8.97. The minimum absolute atomic E-state index is 0.281. The third kappa shape index (κ3) is 5.53. The maximum Gasteiger partial charge on any atom is 0.115 e. The van der Waals surface area contributed by atoms with Crippen LogP contribution in [0, 0.1) is 11.8 Å². The summed E-state index contributed by atoms with van der Waals surface area (Å²) in [6.07, 6.45) is 5.81. The molecule has 1 N–H and O–H groups in total. The summed E-state index contributed by atoms with van der Waals surface area (Å²) in [4.78, 5) is 2.59. The van der Waals surface area contributed by atoms with Gasteiger partial charge >= 0.3 is 0 Å². The molecule has 0 radical (unpaired) electrons. The number of rotatable bonds is 4. The van der Waals surface area contributed by atoms with Gasteiger partial charge in [-0.1, -0.05) is 42.0 Å². The second kappa shape index (κ2) is 8.94. The summed E-state index contributed by atoms with van der Waals surface area (Å²) in [5, 5.41) is 10.1. The first-order chi connectivity index (χ1) is 12.2. The molecule has 2 nitrogen and oxygen atoms in total. The van der Waals surface area contributed by atoms with Crippen LogP contribution in [0.15, 0.2) is 48.5 Å². The topological polar surface area (TPSA) is 23.5 Å². The molecule has 2 aromatic rings. The Labute approximate surface area is 155 Å². The van der Waals surface area contributed by atoms with Gasteiger partial charge in [0.15, 0.2) is 0 Å². The SMILES string of the molecule is Oc1ccc(C#CCCN2CCCCC2Cc2ccc(Cl)cc2)cc1. The number of hydrogen-bond acceptors (Lipinski definition) is 2. The molecular weight excluding hydrogens is 330 g/mol. The molecule has 1 unspecified atom stereocenters. The van der Waals surface area contributed by atoms with Crippen molar-refractivity contribution in [3.63, 3.8) is 0 Å². The molecule has 1 saturated heterocycles. The highest BCUT2D eigenvalue weighted by Crippen LogP contribution is 2.21. The van der Waals surface area contributed by atoms with Crippen molar-refractivity contribution in [2.24, 2.45) is 0 Å². The van der Waals surface area contributed by atoms with E-state index in [9.17, 15) is 5.11 Å². The molecule has 3 rings (SSSR count). The molecule has 1 aliphatic rings. The summed E-state index contributed by atoms with van der Waals surface area (Å²) >= 11 is 5.99. The number of hydrogen-bond donors (Lipinski definition) is 1. The van der Waals surface area contributed by atoms with Crippen LogP contribution in [0.25, 0.3) is 0 Å². The van der Waals surface area contributed by atoms with Crippen molar-refractivity contribution < 1.29 is 5.11 Å².